The first-order valence-corrected chi connectivity index (χ1v) is 47.4. The Balaban J connectivity index is 0.873. The maximum Gasteiger partial charge on any atom is 0.294 e. The summed E-state index contributed by atoms with van der Waals surface area (Å²) in [4.78, 5) is 165. The molecule has 0 aromatic heterocycles. The molecule has 3 aliphatic rings. The maximum atomic E-state index is 13.9. The number of carbonyl (C=O) groups excluding carboxylic acids is 11. The van der Waals surface area contributed by atoms with Crippen LogP contribution >= 0.6 is 11.8 Å². The molecular weight excluding hydrogens is 1670 g/mol. The van der Waals surface area contributed by atoms with Crippen molar-refractivity contribution in [3.05, 3.63) is 137 Å². The Morgan fingerprint density at radius 3 is 2.05 bits per heavy atom. The summed E-state index contributed by atoms with van der Waals surface area (Å²) in [6.07, 6.45) is 20.7. The number of oxime groups is 1. The number of unbranched alkanes of at least 4 members (excludes halogenated alkanes) is 2. The second-order valence-electron chi connectivity index (χ2n) is 34.4. The summed E-state index contributed by atoms with van der Waals surface area (Å²) < 4.78 is 42.5. The van der Waals surface area contributed by atoms with Gasteiger partial charge in [-0.2, -0.15) is 24.8 Å². The van der Waals surface area contributed by atoms with Crippen LogP contribution in [0.5, 0.6) is 0 Å². The number of aryl methyl sites for hydroxylation is 1. The Labute approximate surface area is 759 Å². The number of carbonyl (C=O) groups is 11. The molecule has 0 radical (unpaired) electrons. The number of thioether (sulfide) groups is 1. The molecule has 0 bridgehead atoms. The van der Waals surface area contributed by atoms with Gasteiger partial charge in [-0.1, -0.05) is 119 Å². The number of anilines is 1. The van der Waals surface area contributed by atoms with Gasteiger partial charge in [0.2, 0.25) is 41.1 Å². The van der Waals surface area contributed by atoms with Crippen LogP contribution in [0.4, 0.5) is 11.4 Å². The van der Waals surface area contributed by atoms with E-state index in [1.54, 1.807) is 32.4 Å². The molecule has 0 aliphatic carbocycles. The molecule has 702 valence electrons. The van der Waals surface area contributed by atoms with Crippen molar-refractivity contribution in [1.29, 1.82) is 0 Å². The van der Waals surface area contributed by atoms with E-state index >= 15 is 0 Å². The highest BCUT2D eigenvalue weighted by molar-refractivity contribution is 7.98. The number of aliphatic imine (C=N–C) groups is 2. The highest BCUT2D eigenvalue weighted by atomic mass is 32.2. The smallest absolute Gasteiger partial charge is 0.294 e. The molecular formula is C94H139N16O16S2+. The molecule has 1 fully saturated rings. The number of rotatable bonds is 58. The summed E-state index contributed by atoms with van der Waals surface area (Å²) in [5.74, 6) is -6.40. The number of nitrogens with two attached hydrogens (primary N) is 4. The Bertz CT molecular complexity index is 4720. The average molecular weight is 1810 g/mol. The Hall–Kier alpha value is -10.6. The van der Waals surface area contributed by atoms with Crippen molar-refractivity contribution in [1.82, 2.24) is 36.8 Å². The normalized spacial score (nSPS) is 16.5. The summed E-state index contributed by atoms with van der Waals surface area (Å²) in [5, 5.41) is 21.2. The zero-order chi connectivity index (χ0) is 94.4. The largest absolute Gasteiger partial charge is 0.394 e. The van der Waals surface area contributed by atoms with Crippen LogP contribution in [-0.4, -0.2) is 225 Å². The van der Waals surface area contributed by atoms with Gasteiger partial charge in [0, 0.05) is 136 Å². The van der Waals surface area contributed by atoms with Crippen LogP contribution in [0.15, 0.2) is 129 Å². The topological polar surface area (TPSA) is 483 Å². The van der Waals surface area contributed by atoms with Crippen LogP contribution < -0.4 is 59.7 Å². The SMILES string of the molecule is CCC(=O)[C@@H](CCCN=C(N)N)NC(=O)[C@@H](CCCN=C(N)N)CC(=O)CNC(=O)[C@H](C)CC(=O)[C@H](CSC)NC(=O)CCC(=O)[C@H](CC(C)C)NC(=O)[C@@H]1CCCN1C(=O)COCCCC(=O)[C@H](Cc1ccc(/C(C)=N/OCCNC(=O)CCCCC[N+]2=C(C=CC=CC=CC=C3N(CC)c4ccc(C)cc4C3(C)C)C(C)(C)c3cc(S(=O)(=O)O)ccc32)cc1)NC. The van der Waals surface area contributed by atoms with Gasteiger partial charge in [-0.05, 0) is 165 Å². The van der Waals surface area contributed by atoms with E-state index in [0.29, 0.717) is 70.2 Å². The summed E-state index contributed by atoms with van der Waals surface area (Å²) >= 11 is 1.28. The zero-order valence-corrected chi connectivity index (χ0v) is 78.7. The number of hydrogen-bond acceptors (Lipinski definition) is 21. The predicted molar refractivity (Wildman–Crippen MR) is 502 cm³/mol. The number of guanidine groups is 2. The minimum absolute atomic E-state index is 0.0412. The van der Waals surface area contributed by atoms with Crippen LogP contribution in [0.2, 0.25) is 0 Å². The number of nitrogens with one attached hydrogen (secondary N) is 6. The summed E-state index contributed by atoms with van der Waals surface area (Å²) in [6, 6.07) is 14.8. The number of benzene rings is 3. The van der Waals surface area contributed by atoms with Crippen molar-refractivity contribution in [3.8, 4) is 0 Å². The summed E-state index contributed by atoms with van der Waals surface area (Å²) in [7, 11) is -2.72. The van der Waals surface area contributed by atoms with E-state index in [1.807, 2.05) is 89.3 Å². The van der Waals surface area contributed by atoms with E-state index in [-0.39, 0.29) is 149 Å². The second-order valence-corrected chi connectivity index (χ2v) is 36.7. The van der Waals surface area contributed by atoms with E-state index < -0.39 is 111 Å². The lowest BCUT2D eigenvalue weighted by atomic mass is 9.81. The third-order valence-electron chi connectivity index (χ3n) is 23.2. The van der Waals surface area contributed by atoms with Crippen molar-refractivity contribution >= 4 is 121 Å². The summed E-state index contributed by atoms with van der Waals surface area (Å²) in [6.45, 7) is 23.6. The number of allylic oxidation sites excluding steroid dienone is 8. The second kappa shape index (κ2) is 52.8. The summed E-state index contributed by atoms with van der Waals surface area (Å²) in [5.41, 5.74) is 31.1. The van der Waals surface area contributed by atoms with E-state index in [4.69, 9.17) is 32.5 Å². The third kappa shape index (κ3) is 33.5. The van der Waals surface area contributed by atoms with Gasteiger partial charge in [-0.3, -0.25) is 67.3 Å². The van der Waals surface area contributed by atoms with Crippen LogP contribution in [0, 0.1) is 24.7 Å². The van der Waals surface area contributed by atoms with Gasteiger partial charge in [0.05, 0.1) is 53.3 Å². The number of likely N-dealkylation sites (N-methyl/N-ethyl adjacent to an activating group) is 2. The molecule has 34 heteroatoms. The minimum Gasteiger partial charge on any atom is -0.394 e. The fourth-order valence-electron chi connectivity index (χ4n) is 16.1. The fraction of sp³-hybridized carbons (Fsp3) is 0.564. The molecule has 3 aliphatic heterocycles. The van der Waals surface area contributed by atoms with Crippen LogP contribution in [0.25, 0.3) is 0 Å². The first-order valence-electron chi connectivity index (χ1n) is 44.6. The number of ketones is 5. The Morgan fingerprint density at radius 2 is 1.38 bits per heavy atom. The molecule has 32 nitrogen and oxygen atoms in total. The van der Waals surface area contributed by atoms with Gasteiger partial charge in [0.25, 0.3) is 10.1 Å². The van der Waals surface area contributed by atoms with Gasteiger partial charge >= 0.3 is 0 Å². The number of Topliss-reactive ketones (excluding diaryl/α,β-unsaturated/α-hetero) is 5. The van der Waals surface area contributed by atoms with Crippen molar-refractivity contribution in [2.24, 2.45) is 55.8 Å². The number of likely N-dealkylation sites (tertiary alicyclic amines) is 1. The van der Waals surface area contributed by atoms with Crippen LogP contribution in [-0.2, 0) is 89.7 Å². The molecule has 0 spiro atoms. The number of fused-ring (bicyclic) bond motifs is 2. The molecule has 15 N–H and O–H groups in total. The minimum atomic E-state index is -4.44. The molecule has 6 rings (SSSR count). The quantitative estimate of drug-likeness (QED) is 0.00482. The van der Waals surface area contributed by atoms with Gasteiger partial charge in [0.1, 0.15) is 31.6 Å². The lowest BCUT2D eigenvalue weighted by molar-refractivity contribution is -0.438. The van der Waals surface area contributed by atoms with Crippen molar-refractivity contribution < 1.29 is 79.9 Å². The Morgan fingerprint density at radius 1 is 0.695 bits per heavy atom. The molecule has 3 aromatic rings. The number of ether oxygens (including phenoxy) is 1. The third-order valence-corrected chi connectivity index (χ3v) is 24.7. The molecule has 6 amide bonds. The highest BCUT2D eigenvalue weighted by Crippen LogP contribution is 2.48. The molecule has 3 heterocycles. The molecule has 7 atom stereocenters. The van der Waals surface area contributed by atoms with Crippen molar-refractivity contribution in [2.45, 2.75) is 244 Å². The van der Waals surface area contributed by atoms with Gasteiger partial charge in [-0.25, -0.2) is 0 Å². The highest BCUT2D eigenvalue weighted by Gasteiger charge is 2.46. The lowest BCUT2D eigenvalue weighted by Gasteiger charge is -2.27. The first-order chi connectivity index (χ1) is 60.7. The first kappa shape index (κ1) is 106. The number of hydrogen-bond donors (Lipinski definition) is 11. The molecule has 0 saturated carbocycles. The molecule has 3 aromatic carbocycles. The van der Waals surface area contributed by atoms with E-state index in [9.17, 15) is 65.7 Å². The monoisotopic (exact) mass is 1810 g/mol. The number of nitrogens with zero attached hydrogens (tertiary/aromatic N) is 6. The van der Waals surface area contributed by atoms with E-state index in [1.165, 1.54) is 52.2 Å². The number of amides is 6. The molecule has 0 unspecified atom stereocenters. The standard InChI is InChI=1S/C94H138N16O16S2/c1-14-79(112)72(29-25-46-102-92(97)98)105-89(120)67(28-24-45-101-91(95)96)56-68(111)58-103-88(119)63(6)54-82(115)75(60-127-13)104-86(117)44-43-81(114)74(52-61(3)4)106-90(121)78-30-26-49-110(78)87(118)59-125-50-27-31-80(113)73(99-12)55-65-36-38-66(39-37-65)64(7)107-126-51-47-100-85(116)34-22-19-23-48-109-77-42-40-69(128(122,123)124)57-71(77)94(10,11)84(109)33-21-18-16-17-20-32-83-93(8,9)70-53-62(5)35-41-76(70)108(83)15-2/h16-18,20-21,32-33,35-42,53,57,61,63,67,72-75,78,99H,14-15,19,22-31,34,43-52,54-56,58-60H2,1-13H3,(H13-,95,96,97,98,100,101,102,103,104,105,106,116,117,119,120,121,122,123,124)/p+1/b107-64+/t63-,67+,72-,73+,74+,75+,78+/m1/s1. The molecule has 1 saturated heterocycles. The van der Waals surface area contributed by atoms with E-state index in [0.717, 1.165) is 47.5 Å². The molecule has 128 heavy (non-hydrogen) atoms. The van der Waals surface area contributed by atoms with Crippen molar-refractivity contribution in [2.75, 3.05) is 89.6 Å². The van der Waals surface area contributed by atoms with Gasteiger partial charge < -0.3 is 74.2 Å². The van der Waals surface area contributed by atoms with E-state index in [2.05, 4.69) is 115 Å². The predicted octanol–water partition coefficient (Wildman–Crippen LogP) is 8.18. The van der Waals surface area contributed by atoms with Crippen LogP contribution in [0.1, 0.15) is 213 Å². The zero-order valence-electron chi connectivity index (χ0n) is 77.0. The average Bonchev–Trinajstić information content (AvgIpc) is 1.59. The Kier molecular flexibility index (Phi) is 43.8. The lowest BCUT2D eigenvalue weighted by Crippen LogP contribution is -2.52. The maximum absolute atomic E-state index is 13.9. The van der Waals surface area contributed by atoms with Gasteiger partial charge in [0.15, 0.2) is 40.8 Å². The van der Waals surface area contributed by atoms with Crippen molar-refractivity contribution in [3.63, 3.8) is 0 Å². The fourth-order valence-corrected chi connectivity index (χ4v) is 17.2. The van der Waals surface area contributed by atoms with Gasteiger partial charge in [-0.15, -0.1) is 0 Å². The van der Waals surface area contributed by atoms with Crippen LogP contribution in [0.3, 0.4) is 0 Å².